The van der Waals surface area contributed by atoms with Crippen LogP contribution in [0, 0.1) is 0 Å². The van der Waals surface area contributed by atoms with Crippen molar-refractivity contribution in [1.82, 2.24) is 0 Å². The zero-order valence-electron chi connectivity index (χ0n) is 8.29. The first-order chi connectivity index (χ1) is 5.63. The van der Waals surface area contributed by atoms with E-state index in [4.69, 9.17) is 6.11 Å². The van der Waals surface area contributed by atoms with Crippen LogP contribution in [0.2, 0.25) is 0 Å². The summed E-state index contributed by atoms with van der Waals surface area (Å²) < 4.78 is 17.1. The molecule has 66 valence electrons. The lowest BCUT2D eigenvalue weighted by molar-refractivity contribution is -0.145. The Hall–Kier alpha value is -0.570. The number of ether oxygens (including phenoxy) is 2. The van der Waals surface area contributed by atoms with Crippen molar-refractivity contribution in [2.45, 2.75) is 33.3 Å². The van der Waals surface area contributed by atoms with Gasteiger partial charge in [-0.1, -0.05) is 0 Å². The van der Waals surface area contributed by atoms with E-state index in [-0.39, 0.29) is 0 Å². The molecule has 0 radical (unpaired) electrons. The Kier molecular flexibility index (Phi) is 4.77. The highest BCUT2D eigenvalue weighted by molar-refractivity contribution is 5.69. The summed E-state index contributed by atoms with van der Waals surface area (Å²) in [5.41, 5.74) is 0. The van der Waals surface area contributed by atoms with Gasteiger partial charge in [0.25, 0.3) is 0 Å². The van der Waals surface area contributed by atoms with E-state index in [0.717, 1.165) is 0 Å². The maximum atomic E-state index is 11.0. The minimum atomic E-state index is -0.926. The maximum absolute atomic E-state index is 11.0. The number of carbonyl (C=O) groups excluding carboxylic acids is 1. The number of hydrogen-bond acceptors (Lipinski definition) is 3. The molecule has 0 heterocycles. The van der Waals surface area contributed by atoms with Gasteiger partial charge in [0.2, 0.25) is 0 Å². The van der Waals surface area contributed by atoms with E-state index in [9.17, 15) is 4.79 Å². The lowest BCUT2D eigenvalue weighted by Crippen LogP contribution is -2.16. The molecule has 3 nitrogen and oxygen atoms in total. The smallest absolute Gasteiger partial charge is 0.308 e. The van der Waals surface area contributed by atoms with Gasteiger partial charge in [0, 0.05) is 7.98 Å². The van der Waals surface area contributed by atoms with Gasteiger partial charge in [0.05, 0.1) is 19.1 Å². The molecule has 2 atom stereocenters. The Morgan fingerprint density at radius 1 is 1.55 bits per heavy atom. The minimum absolute atomic E-state index is 0.313. The van der Waals surface area contributed by atoms with Gasteiger partial charge in [-0.15, -0.1) is 0 Å². The van der Waals surface area contributed by atoms with E-state index in [2.05, 4.69) is 4.74 Å². The fraction of sp³-hybridized carbons (Fsp3) is 0.875. The van der Waals surface area contributed by atoms with Crippen molar-refractivity contribution < 1.29 is 15.6 Å². The maximum Gasteiger partial charge on any atom is 0.308 e. The molecule has 0 bridgehead atoms. The first-order valence-corrected chi connectivity index (χ1v) is 3.83. The third-order valence-electron chi connectivity index (χ3n) is 1.09. The zero-order chi connectivity index (χ0) is 9.56. The lowest BCUT2D eigenvalue weighted by atomic mass is 10.3. The molecule has 0 spiro atoms. The van der Waals surface area contributed by atoms with Crippen LogP contribution >= 0.6 is 0 Å². The van der Waals surface area contributed by atoms with Crippen molar-refractivity contribution in [3.63, 3.8) is 0 Å². The topological polar surface area (TPSA) is 35.5 Å². The second-order valence-corrected chi connectivity index (χ2v) is 2.08. The number of rotatable bonds is 5. The van der Waals surface area contributed by atoms with Gasteiger partial charge in [0.15, 0.2) is 0 Å². The van der Waals surface area contributed by atoms with Crippen molar-refractivity contribution in [3.05, 3.63) is 0 Å². The summed E-state index contributed by atoms with van der Waals surface area (Å²) in [6.45, 7) is 6.06. The predicted molar refractivity (Wildman–Crippen MR) is 42.3 cm³/mol. The highest BCUT2D eigenvalue weighted by Crippen LogP contribution is 1.98. The van der Waals surface area contributed by atoms with E-state index in [1.807, 2.05) is 6.92 Å². The summed E-state index contributed by atoms with van der Waals surface area (Å²) in [7, 11) is 0. The van der Waals surface area contributed by atoms with Crippen LogP contribution in [0.15, 0.2) is 0 Å². The van der Waals surface area contributed by atoms with Crippen LogP contribution in [-0.4, -0.2) is 25.3 Å². The minimum Gasteiger partial charge on any atom is -0.466 e. The summed E-state index contributed by atoms with van der Waals surface area (Å²) in [5.74, 6) is -0.515. The Bertz CT molecular complexity index is 138. The first kappa shape index (κ1) is 8.53. The molecule has 0 rings (SSSR count). The van der Waals surface area contributed by atoms with E-state index in [1.54, 1.807) is 13.8 Å². The quantitative estimate of drug-likeness (QED) is 0.571. The van der Waals surface area contributed by atoms with Crippen LogP contribution in [0.1, 0.15) is 28.5 Å². The molecule has 0 saturated carbocycles. The standard InChI is InChI=1S/C8H16O3/c1-4-10-7(3)6-8(9)11-5-2/h7H,4-6H2,1-3H3/t7-/m1/s1/i6D/t6-,7-. The molecule has 0 aliphatic heterocycles. The molecule has 0 aromatic rings. The Morgan fingerprint density at radius 3 is 2.64 bits per heavy atom. The molecule has 0 fully saturated rings. The highest BCUT2D eigenvalue weighted by Gasteiger charge is 2.08. The molecule has 0 aliphatic carbocycles. The van der Waals surface area contributed by atoms with Crippen LogP contribution in [0.5, 0.6) is 0 Å². The Balaban J connectivity index is 3.82. The van der Waals surface area contributed by atoms with Gasteiger partial charge in [-0.3, -0.25) is 4.79 Å². The van der Waals surface area contributed by atoms with E-state index in [1.165, 1.54) is 0 Å². The molecule has 3 heteroatoms. The van der Waals surface area contributed by atoms with Gasteiger partial charge in [-0.25, -0.2) is 0 Å². The average molecular weight is 161 g/mol. The van der Waals surface area contributed by atoms with Crippen molar-refractivity contribution in [1.29, 1.82) is 0 Å². The zero-order valence-corrected chi connectivity index (χ0v) is 7.29. The van der Waals surface area contributed by atoms with Crippen LogP contribution in [0.3, 0.4) is 0 Å². The van der Waals surface area contributed by atoms with E-state index >= 15 is 0 Å². The van der Waals surface area contributed by atoms with Crippen LogP contribution in [0.4, 0.5) is 0 Å². The van der Waals surface area contributed by atoms with Crippen molar-refractivity contribution in [3.8, 4) is 0 Å². The summed E-state index contributed by atoms with van der Waals surface area (Å²) in [4.78, 5) is 11.0. The first-order valence-electron chi connectivity index (χ1n) is 4.41. The second kappa shape index (κ2) is 6.16. The van der Waals surface area contributed by atoms with Gasteiger partial charge in [-0.05, 0) is 20.8 Å². The van der Waals surface area contributed by atoms with Gasteiger partial charge in [-0.2, -0.15) is 0 Å². The van der Waals surface area contributed by atoms with Crippen molar-refractivity contribution in [2.75, 3.05) is 13.2 Å². The number of hydrogen-bond donors (Lipinski definition) is 0. The predicted octanol–water partition coefficient (Wildman–Crippen LogP) is 1.36. The molecular formula is C8H16O3. The molecule has 0 aliphatic rings. The Morgan fingerprint density at radius 2 is 2.18 bits per heavy atom. The van der Waals surface area contributed by atoms with Gasteiger partial charge >= 0.3 is 5.97 Å². The van der Waals surface area contributed by atoms with E-state index in [0.29, 0.717) is 13.2 Å². The Labute approximate surface area is 69.1 Å². The highest BCUT2D eigenvalue weighted by atomic mass is 16.5. The number of carbonyl (C=O) groups is 1. The average Bonchev–Trinajstić information content (AvgIpc) is 2.04. The summed E-state index contributed by atoms with van der Waals surface area (Å²) in [5, 5.41) is 0. The monoisotopic (exact) mass is 161 g/mol. The third-order valence-corrected chi connectivity index (χ3v) is 1.09. The molecule has 0 unspecified atom stereocenters. The fourth-order valence-electron chi connectivity index (χ4n) is 0.693. The molecule has 0 amide bonds. The van der Waals surface area contributed by atoms with Gasteiger partial charge in [0.1, 0.15) is 0 Å². The molecule has 0 N–H and O–H groups in total. The fourth-order valence-corrected chi connectivity index (χ4v) is 0.693. The van der Waals surface area contributed by atoms with Crippen LogP contribution in [-0.2, 0) is 14.3 Å². The molecule has 0 aromatic heterocycles. The molecule has 0 saturated heterocycles. The van der Waals surface area contributed by atoms with Gasteiger partial charge < -0.3 is 9.47 Å². The van der Waals surface area contributed by atoms with Crippen LogP contribution in [0.25, 0.3) is 0 Å². The summed E-state index contributed by atoms with van der Waals surface area (Å²) >= 11 is 0. The summed E-state index contributed by atoms with van der Waals surface area (Å²) in [6.07, 6.45) is -1.32. The van der Waals surface area contributed by atoms with Crippen LogP contribution < -0.4 is 0 Å². The largest absolute Gasteiger partial charge is 0.466 e. The summed E-state index contributed by atoms with van der Waals surface area (Å²) in [6, 6.07) is 0. The second-order valence-electron chi connectivity index (χ2n) is 2.08. The molecular weight excluding hydrogens is 144 g/mol. The molecule has 0 aromatic carbocycles. The number of esters is 1. The van der Waals surface area contributed by atoms with Crippen molar-refractivity contribution >= 4 is 5.97 Å². The third kappa shape index (κ3) is 5.85. The lowest BCUT2D eigenvalue weighted by Gasteiger charge is -2.09. The molecule has 11 heavy (non-hydrogen) atoms. The SMILES string of the molecule is [2H][C@@H](C(=O)OCC)[C@@H](C)OCC. The van der Waals surface area contributed by atoms with Crippen molar-refractivity contribution in [2.24, 2.45) is 0 Å². The van der Waals surface area contributed by atoms with E-state index < -0.39 is 18.5 Å². The normalized spacial score (nSPS) is 16.8.